The molecule has 18 heavy (non-hydrogen) atoms. The van der Waals surface area contributed by atoms with Gasteiger partial charge in [-0.3, -0.25) is 0 Å². The zero-order valence-corrected chi connectivity index (χ0v) is 11.4. The molecule has 0 radical (unpaired) electrons. The molecule has 0 fully saturated rings. The molecule has 2 rings (SSSR count). The van der Waals surface area contributed by atoms with E-state index in [-0.39, 0.29) is 11.4 Å². The van der Waals surface area contributed by atoms with Crippen LogP contribution in [-0.2, 0) is 6.54 Å². The molecule has 0 aromatic carbocycles. The van der Waals surface area contributed by atoms with E-state index in [1.165, 1.54) is 17.5 Å². The van der Waals surface area contributed by atoms with Crippen LogP contribution < -0.4 is 5.32 Å². The van der Waals surface area contributed by atoms with Crippen LogP contribution >= 0.6 is 27.3 Å². The monoisotopic (exact) mass is 330 g/mol. The van der Waals surface area contributed by atoms with Crippen LogP contribution in [0.4, 0.5) is 10.2 Å². The number of carbonyl (C=O) groups is 1. The number of halogens is 2. The van der Waals surface area contributed by atoms with E-state index in [0.29, 0.717) is 6.54 Å². The molecule has 94 valence electrons. The summed E-state index contributed by atoms with van der Waals surface area (Å²) >= 11 is 4.84. The Hall–Kier alpha value is -1.47. The summed E-state index contributed by atoms with van der Waals surface area (Å²) in [5.41, 5.74) is -0.389. The fraction of sp³-hybridized carbons (Fsp3) is 0.0909. The van der Waals surface area contributed by atoms with Gasteiger partial charge in [-0.15, -0.1) is 11.3 Å². The molecule has 2 aromatic heterocycles. The lowest BCUT2D eigenvalue weighted by Gasteiger charge is -2.06. The van der Waals surface area contributed by atoms with Crippen molar-refractivity contribution in [2.75, 3.05) is 5.32 Å². The second-order valence-electron chi connectivity index (χ2n) is 3.39. The number of aromatic carboxylic acids is 1. The molecule has 2 aromatic rings. The Balaban J connectivity index is 2.14. The predicted octanol–water partition coefficient (Wildman–Crippen LogP) is 3.36. The molecular formula is C11H8BrFN2O2S. The highest BCUT2D eigenvalue weighted by Crippen LogP contribution is 2.23. The Labute approximate surface area is 115 Å². The first-order valence-corrected chi connectivity index (χ1v) is 6.55. The number of thiophene rings is 1. The van der Waals surface area contributed by atoms with Gasteiger partial charge in [0.25, 0.3) is 0 Å². The first-order chi connectivity index (χ1) is 8.58. The third-order valence-corrected chi connectivity index (χ3v) is 3.80. The average molecular weight is 331 g/mol. The van der Waals surface area contributed by atoms with E-state index in [0.717, 1.165) is 14.7 Å². The van der Waals surface area contributed by atoms with Crippen molar-refractivity contribution < 1.29 is 14.3 Å². The van der Waals surface area contributed by atoms with Crippen molar-refractivity contribution >= 4 is 39.1 Å². The number of carboxylic acid groups (broad SMARTS) is 1. The maximum absolute atomic E-state index is 13.7. The molecule has 0 aliphatic heterocycles. The average Bonchev–Trinajstić information content (AvgIpc) is 2.73. The van der Waals surface area contributed by atoms with Gasteiger partial charge in [0, 0.05) is 11.1 Å². The molecule has 4 nitrogen and oxygen atoms in total. The van der Waals surface area contributed by atoms with Crippen molar-refractivity contribution in [2.45, 2.75) is 6.54 Å². The normalized spacial score (nSPS) is 10.3. The zero-order chi connectivity index (χ0) is 13.1. The largest absolute Gasteiger partial charge is 0.478 e. The smallest absolute Gasteiger partial charge is 0.338 e. The van der Waals surface area contributed by atoms with Crippen molar-refractivity contribution in [3.05, 3.63) is 44.4 Å². The topological polar surface area (TPSA) is 62.2 Å². The first-order valence-electron chi connectivity index (χ1n) is 4.94. The van der Waals surface area contributed by atoms with Crippen molar-refractivity contribution in [2.24, 2.45) is 0 Å². The van der Waals surface area contributed by atoms with Crippen molar-refractivity contribution in [1.82, 2.24) is 4.98 Å². The summed E-state index contributed by atoms with van der Waals surface area (Å²) in [4.78, 5) is 15.5. The molecule has 0 atom stereocenters. The lowest BCUT2D eigenvalue weighted by Crippen LogP contribution is -2.07. The minimum atomic E-state index is -1.31. The number of aromatic nitrogens is 1. The summed E-state index contributed by atoms with van der Waals surface area (Å²) in [6.45, 7) is 0.392. The van der Waals surface area contributed by atoms with Gasteiger partial charge in [-0.1, -0.05) is 0 Å². The van der Waals surface area contributed by atoms with Crippen molar-refractivity contribution in [3.63, 3.8) is 0 Å². The van der Waals surface area contributed by atoms with Crippen LogP contribution in [0.25, 0.3) is 0 Å². The fourth-order valence-corrected chi connectivity index (χ4v) is 2.77. The van der Waals surface area contributed by atoms with E-state index >= 15 is 0 Å². The summed E-state index contributed by atoms with van der Waals surface area (Å²) in [7, 11) is 0. The van der Waals surface area contributed by atoms with E-state index < -0.39 is 11.8 Å². The second-order valence-corrected chi connectivity index (χ2v) is 5.93. The number of hydrogen-bond acceptors (Lipinski definition) is 4. The van der Waals surface area contributed by atoms with Gasteiger partial charge >= 0.3 is 5.97 Å². The van der Waals surface area contributed by atoms with Gasteiger partial charge in [0.2, 0.25) is 0 Å². The quantitative estimate of drug-likeness (QED) is 0.902. The van der Waals surface area contributed by atoms with Gasteiger partial charge in [0.15, 0.2) is 11.6 Å². The van der Waals surface area contributed by atoms with Gasteiger partial charge < -0.3 is 10.4 Å². The van der Waals surface area contributed by atoms with E-state index in [9.17, 15) is 9.18 Å². The van der Waals surface area contributed by atoms with E-state index in [1.807, 2.05) is 12.1 Å². The van der Waals surface area contributed by atoms with Gasteiger partial charge in [-0.05, 0) is 34.1 Å². The van der Waals surface area contributed by atoms with Crippen LogP contribution in [-0.4, -0.2) is 16.1 Å². The van der Waals surface area contributed by atoms with Gasteiger partial charge in [-0.25, -0.2) is 14.2 Å². The van der Waals surface area contributed by atoms with Gasteiger partial charge in [0.05, 0.1) is 10.3 Å². The highest BCUT2D eigenvalue weighted by Gasteiger charge is 2.14. The third kappa shape index (κ3) is 2.85. The van der Waals surface area contributed by atoms with Crippen LogP contribution in [0.2, 0.25) is 0 Å². The maximum Gasteiger partial charge on any atom is 0.338 e. The number of rotatable bonds is 4. The molecule has 0 bridgehead atoms. The molecule has 0 saturated heterocycles. The number of hydrogen-bond donors (Lipinski definition) is 2. The number of nitrogens with zero attached hydrogens (tertiary/aromatic N) is 1. The minimum Gasteiger partial charge on any atom is -0.478 e. The fourth-order valence-electron chi connectivity index (χ4n) is 1.35. The SMILES string of the molecule is O=C(O)c1ccnc(NCc2ccc(Br)s2)c1F. The number of pyridine rings is 1. The minimum absolute atomic E-state index is 0.0561. The predicted molar refractivity (Wildman–Crippen MR) is 70.5 cm³/mol. The van der Waals surface area contributed by atoms with Crippen LogP contribution in [0.1, 0.15) is 15.2 Å². The molecule has 2 N–H and O–H groups in total. The number of anilines is 1. The van der Waals surface area contributed by atoms with Crippen LogP contribution in [0, 0.1) is 5.82 Å². The second kappa shape index (κ2) is 5.45. The molecule has 2 heterocycles. The molecule has 0 spiro atoms. The maximum atomic E-state index is 13.7. The lowest BCUT2D eigenvalue weighted by molar-refractivity contribution is 0.0692. The van der Waals surface area contributed by atoms with Crippen LogP contribution in [0.3, 0.4) is 0 Å². The van der Waals surface area contributed by atoms with E-state index in [1.54, 1.807) is 0 Å². The Morgan fingerprint density at radius 2 is 2.28 bits per heavy atom. The Bertz CT molecular complexity index is 588. The molecule has 0 aliphatic rings. The third-order valence-electron chi connectivity index (χ3n) is 2.18. The molecule has 0 unspecified atom stereocenters. The number of nitrogens with one attached hydrogen (secondary N) is 1. The van der Waals surface area contributed by atoms with Gasteiger partial charge in [0.1, 0.15) is 5.56 Å². The first kappa shape index (κ1) is 13.0. The molecule has 7 heteroatoms. The lowest BCUT2D eigenvalue weighted by atomic mass is 10.2. The highest BCUT2D eigenvalue weighted by molar-refractivity contribution is 9.11. The molecular weight excluding hydrogens is 323 g/mol. The number of carboxylic acids is 1. The van der Waals surface area contributed by atoms with Crippen LogP contribution in [0.5, 0.6) is 0 Å². The van der Waals surface area contributed by atoms with Gasteiger partial charge in [-0.2, -0.15) is 0 Å². The summed E-state index contributed by atoms with van der Waals surface area (Å²) in [5.74, 6) is -2.21. The summed E-state index contributed by atoms with van der Waals surface area (Å²) in [6, 6.07) is 4.91. The van der Waals surface area contributed by atoms with Crippen LogP contribution in [0.15, 0.2) is 28.2 Å². The standard InChI is InChI=1S/C11H8BrFN2O2S/c12-8-2-1-6(18-8)5-15-10-9(13)7(11(16)17)3-4-14-10/h1-4H,5H2,(H,14,15)(H,16,17). The summed E-state index contributed by atoms with van der Waals surface area (Å²) in [5, 5.41) is 11.6. The van der Waals surface area contributed by atoms with E-state index in [2.05, 4.69) is 26.2 Å². The molecule has 0 aliphatic carbocycles. The Kier molecular flexibility index (Phi) is 3.93. The summed E-state index contributed by atoms with van der Waals surface area (Å²) in [6.07, 6.45) is 1.26. The zero-order valence-electron chi connectivity index (χ0n) is 8.98. The van der Waals surface area contributed by atoms with Crippen molar-refractivity contribution in [1.29, 1.82) is 0 Å². The van der Waals surface area contributed by atoms with E-state index in [4.69, 9.17) is 5.11 Å². The highest BCUT2D eigenvalue weighted by atomic mass is 79.9. The molecule has 0 amide bonds. The molecule has 0 saturated carbocycles. The Morgan fingerprint density at radius 3 is 2.89 bits per heavy atom. The van der Waals surface area contributed by atoms with Crippen molar-refractivity contribution in [3.8, 4) is 0 Å². The summed E-state index contributed by atoms with van der Waals surface area (Å²) < 4.78 is 14.7. The Morgan fingerprint density at radius 1 is 1.50 bits per heavy atom.